The maximum atomic E-state index is 12.2. The Kier molecular flexibility index (Phi) is 21.4. The zero-order chi connectivity index (χ0) is 36.1. The molecule has 14 nitrogen and oxygen atoms in total. The summed E-state index contributed by atoms with van der Waals surface area (Å²) in [6.07, 6.45) is 5.09. The highest BCUT2D eigenvalue weighted by Gasteiger charge is 2.53. The molecule has 14 heteroatoms. The van der Waals surface area contributed by atoms with E-state index in [9.17, 15) is 28.8 Å². The smallest absolute Gasteiger partial charge is 0.303 e. The largest absolute Gasteiger partial charge is 0.466 e. The normalized spacial score (nSPS) is 21.7. The SMILES string of the molecule is CC(=O)N[C@H](C)[C@@H](CCCCCCCCCCCCCOC(C)=O)O[C@@H]1O[C@H](COC(C)=O)[C@H](OC(C)=O)[C@H](OC(C)=O)[C@H]1OC(C)=O. The number of amides is 1. The lowest BCUT2D eigenvalue weighted by molar-refractivity contribution is -0.318. The molecule has 1 rings (SSSR count). The Hall–Kier alpha value is -3.26. The molecule has 0 aromatic heterocycles. The summed E-state index contributed by atoms with van der Waals surface area (Å²) in [5.41, 5.74) is 0. The lowest BCUT2D eigenvalue weighted by atomic mass is 9.97. The minimum Gasteiger partial charge on any atom is -0.466 e. The zero-order valence-corrected chi connectivity index (χ0v) is 29.7. The minimum absolute atomic E-state index is 0.234. The Labute approximate surface area is 284 Å². The average Bonchev–Trinajstić information content (AvgIpc) is 2.97. The summed E-state index contributed by atoms with van der Waals surface area (Å²) in [7, 11) is 0. The van der Waals surface area contributed by atoms with Crippen LogP contribution in [0.3, 0.4) is 0 Å². The Bertz CT molecular complexity index is 1020. The molecule has 1 aliphatic rings. The number of hydrogen-bond donors (Lipinski definition) is 1. The van der Waals surface area contributed by atoms with Crippen molar-refractivity contribution in [3.63, 3.8) is 0 Å². The molecule has 0 radical (unpaired) electrons. The van der Waals surface area contributed by atoms with Crippen LogP contribution < -0.4 is 5.32 Å². The van der Waals surface area contributed by atoms with Gasteiger partial charge >= 0.3 is 29.8 Å². The molecule has 48 heavy (non-hydrogen) atoms. The van der Waals surface area contributed by atoms with Crippen LogP contribution in [-0.2, 0) is 61.9 Å². The van der Waals surface area contributed by atoms with E-state index in [1.54, 1.807) is 6.92 Å². The van der Waals surface area contributed by atoms with Crippen LogP contribution in [0, 0.1) is 0 Å². The van der Waals surface area contributed by atoms with Crippen molar-refractivity contribution in [2.75, 3.05) is 13.2 Å². The molecule has 1 N–H and O–H groups in total. The van der Waals surface area contributed by atoms with Crippen LogP contribution in [-0.4, -0.2) is 91.8 Å². The second-order valence-corrected chi connectivity index (χ2v) is 12.2. The van der Waals surface area contributed by atoms with E-state index in [4.69, 9.17) is 33.2 Å². The highest BCUT2D eigenvalue weighted by atomic mass is 16.7. The number of carbonyl (C=O) groups is 6. The van der Waals surface area contributed by atoms with E-state index in [1.165, 1.54) is 40.5 Å². The third kappa shape index (κ3) is 18.9. The molecular weight excluding hydrogens is 630 g/mol. The predicted octanol–water partition coefficient (Wildman–Crippen LogP) is 4.22. The summed E-state index contributed by atoms with van der Waals surface area (Å²) >= 11 is 0. The first kappa shape index (κ1) is 42.8. The van der Waals surface area contributed by atoms with E-state index in [1.807, 2.05) is 0 Å². The summed E-state index contributed by atoms with van der Waals surface area (Å²) in [6.45, 7) is 9.41. The second-order valence-electron chi connectivity index (χ2n) is 12.2. The first-order chi connectivity index (χ1) is 22.7. The number of ether oxygens (including phenoxy) is 7. The summed E-state index contributed by atoms with van der Waals surface area (Å²) in [5, 5.41) is 2.85. The molecule has 0 aromatic rings. The molecule has 1 amide bonds. The molecule has 276 valence electrons. The van der Waals surface area contributed by atoms with Crippen molar-refractivity contribution in [1.82, 2.24) is 5.32 Å². The van der Waals surface area contributed by atoms with Crippen molar-refractivity contribution in [3.8, 4) is 0 Å². The zero-order valence-electron chi connectivity index (χ0n) is 29.7. The number of esters is 5. The van der Waals surface area contributed by atoms with Crippen LogP contribution in [0.25, 0.3) is 0 Å². The number of hydrogen-bond acceptors (Lipinski definition) is 13. The molecule has 1 saturated heterocycles. The summed E-state index contributed by atoms with van der Waals surface area (Å²) < 4.78 is 39.0. The van der Waals surface area contributed by atoms with Gasteiger partial charge in [-0.1, -0.05) is 64.2 Å². The van der Waals surface area contributed by atoms with Gasteiger partial charge in [0.05, 0.1) is 18.8 Å². The molecule has 0 aliphatic carbocycles. The van der Waals surface area contributed by atoms with Crippen molar-refractivity contribution >= 4 is 35.8 Å². The van der Waals surface area contributed by atoms with Gasteiger partial charge in [0.15, 0.2) is 24.6 Å². The lowest BCUT2D eigenvalue weighted by Gasteiger charge is -2.45. The molecule has 7 atom stereocenters. The van der Waals surface area contributed by atoms with E-state index in [2.05, 4.69) is 5.32 Å². The van der Waals surface area contributed by atoms with Gasteiger partial charge in [-0.05, 0) is 19.8 Å². The van der Waals surface area contributed by atoms with Gasteiger partial charge in [0.1, 0.15) is 12.7 Å². The van der Waals surface area contributed by atoms with E-state index in [-0.39, 0.29) is 18.5 Å². The molecule has 1 fully saturated rings. The van der Waals surface area contributed by atoms with Gasteiger partial charge in [0.2, 0.25) is 5.91 Å². The Morgan fingerprint density at radius 1 is 0.583 bits per heavy atom. The van der Waals surface area contributed by atoms with Crippen LogP contribution in [0.5, 0.6) is 0 Å². The summed E-state index contributed by atoms with van der Waals surface area (Å²) in [4.78, 5) is 70.7. The fourth-order valence-corrected chi connectivity index (χ4v) is 5.57. The predicted molar refractivity (Wildman–Crippen MR) is 172 cm³/mol. The number of rotatable bonds is 23. The standard InChI is InChI=1S/C34H57NO13/c1-22(35-23(2)36)29(19-17-15-13-11-9-8-10-12-14-16-18-20-42-24(3)37)47-34-33(46-28(7)41)32(45-27(6)40)31(44-26(5)39)30(48-34)21-43-25(4)38/h22,29-34H,8-21H2,1-7H3,(H,35,36)/t22-,29-,30-,31+,32+,33-,34-/m1/s1. The van der Waals surface area contributed by atoms with Gasteiger partial charge in [-0.15, -0.1) is 0 Å². The molecule has 1 heterocycles. The fraction of sp³-hybridized carbons (Fsp3) is 0.824. The van der Waals surface area contributed by atoms with Crippen molar-refractivity contribution in [1.29, 1.82) is 0 Å². The third-order valence-corrected chi connectivity index (χ3v) is 7.68. The first-order valence-corrected chi connectivity index (χ1v) is 17.1. The van der Waals surface area contributed by atoms with Gasteiger partial charge in [-0.3, -0.25) is 28.8 Å². The molecule has 0 spiro atoms. The average molecular weight is 688 g/mol. The molecule has 0 unspecified atom stereocenters. The Morgan fingerprint density at radius 3 is 1.52 bits per heavy atom. The number of nitrogens with one attached hydrogen (secondary N) is 1. The van der Waals surface area contributed by atoms with Gasteiger partial charge < -0.3 is 38.5 Å². The molecule has 0 aromatic carbocycles. The molecule has 0 bridgehead atoms. The van der Waals surface area contributed by atoms with Crippen LogP contribution in [0.1, 0.15) is 126 Å². The van der Waals surface area contributed by atoms with Crippen molar-refractivity contribution in [2.24, 2.45) is 0 Å². The van der Waals surface area contributed by atoms with Crippen LogP contribution in [0.15, 0.2) is 0 Å². The van der Waals surface area contributed by atoms with E-state index in [0.29, 0.717) is 13.0 Å². The van der Waals surface area contributed by atoms with Gasteiger partial charge in [0.25, 0.3) is 0 Å². The maximum Gasteiger partial charge on any atom is 0.303 e. The minimum atomic E-state index is -1.34. The molecular formula is C34H57NO13. The molecule has 1 aliphatic heterocycles. The monoisotopic (exact) mass is 687 g/mol. The van der Waals surface area contributed by atoms with E-state index < -0.39 is 66.7 Å². The third-order valence-electron chi connectivity index (χ3n) is 7.68. The van der Waals surface area contributed by atoms with Gasteiger partial charge in [-0.25, -0.2) is 0 Å². The number of unbranched alkanes of at least 4 members (excludes halogenated alkanes) is 10. The van der Waals surface area contributed by atoms with Gasteiger partial charge in [0, 0.05) is 41.5 Å². The fourth-order valence-electron chi connectivity index (χ4n) is 5.57. The van der Waals surface area contributed by atoms with Crippen molar-refractivity contribution < 1.29 is 61.9 Å². The number of carbonyl (C=O) groups excluding carboxylic acids is 6. The van der Waals surface area contributed by atoms with Crippen molar-refractivity contribution in [2.45, 2.75) is 168 Å². The lowest BCUT2D eigenvalue weighted by Crippen LogP contribution is -2.63. The molecule has 0 saturated carbocycles. The quantitative estimate of drug-likeness (QED) is 0.0918. The van der Waals surface area contributed by atoms with E-state index >= 15 is 0 Å². The van der Waals surface area contributed by atoms with Crippen molar-refractivity contribution in [3.05, 3.63) is 0 Å². The first-order valence-electron chi connectivity index (χ1n) is 17.1. The highest BCUT2D eigenvalue weighted by molar-refractivity contribution is 5.73. The van der Waals surface area contributed by atoms with Crippen LogP contribution >= 0.6 is 0 Å². The van der Waals surface area contributed by atoms with Gasteiger partial charge in [-0.2, -0.15) is 0 Å². The Balaban J connectivity index is 2.88. The summed E-state index contributed by atoms with van der Waals surface area (Å²) in [6, 6.07) is -0.469. The topological polar surface area (TPSA) is 179 Å². The van der Waals surface area contributed by atoms with E-state index in [0.717, 1.165) is 71.6 Å². The maximum absolute atomic E-state index is 12.2. The Morgan fingerprint density at radius 2 is 1.04 bits per heavy atom. The van der Waals surface area contributed by atoms with Crippen LogP contribution in [0.2, 0.25) is 0 Å². The summed E-state index contributed by atoms with van der Waals surface area (Å²) in [5.74, 6) is -3.29. The second kappa shape index (κ2) is 24.0. The van der Waals surface area contributed by atoms with Crippen LogP contribution in [0.4, 0.5) is 0 Å². The highest BCUT2D eigenvalue weighted by Crippen LogP contribution is 2.31.